The van der Waals surface area contributed by atoms with Crippen molar-refractivity contribution in [3.63, 3.8) is 0 Å². The lowest BCUT2D eigenvalue weighted by atomic mass is 10.3. The molecular formula is C12H17ClN2O3S. The van der Waals surface area contributed by atoms with E-state index in [2.05, 4.69) is 4.72 Å². The van der Waals surface area contributed by atoms with Crippen LogP contribution < -0.4 is 9.62 Å². The van der Waals surface area contributed by atoms with E-state index in [1.165, 1.54) is 11.8 Å². The van der Waals surface area contributed by atoms with Crippen molar-refractivity contribution in [2.75, 3.05) is 23.7 Å². The predicted octanol–water partition coefficient (Wildman–Crippen LogP) is 1.63. The number of carbonyl (C=O) groups is 1. The molecule has 1 N–H and O–H groups in total. The molecule has 7 heteroatoms. The van der Waals surface area contributed by atoms with Crippen molar-refractivity contribution in [2.24, 2.45) is 0 Å². The van der Waals surface area contributed by atoms with Gasteiger partial charge in [-0.1, -0.05) is 17.7 Å². The topological polar surface area (TPSA) is 66.5 Å². The normalized spacial score (nSPS) is 11.3. The van der Waals surface area contributed by atoms with Gasteiger partial charge >= 0.3 is 0 Å². The van der Waals surface area contributed by atoms with E-state index in [9.17, 15) is 13.2 Å². The number of sulfonamides is 1. The Labute approximate surface area is 118 Å². The third kappa shape index (κ3) is 5.18. The first kappa shape index (κ1) is 15.9. The van der Waals surface area contributed by atoms with Crippen molar-refractivity contribution in [3.05, 3.63) is 29.3 Å². The summed E-state index contributed by atoms with van der Waals surface area (Å²) in [5, 5.41) is 0.526. The highest BCUT2D eigenvalue weighted by Gasteiger charge is 2.13. The second kappa shape index (κ2) is 6.88. The molecule has 0 aromatic heterocycles. The molecule has 0 aliphatic carbocycles. The summed E-state index contributed by atoms with van der Waals surface area (Å²) in [4.78, 5) is 13.1. The number of carbonyl (C=O) groups excluding carboxylic acids is 1. The standard InChI is InChI=1S/C12H17ClN2O3S/c1-3-19(17,18)14-7-8-15(10(2)16)12-6-4-5-11(13)9-12/h4-6,9,14H,3,7-8H2,1-2H3. The monoisotopic (exact) mass is 304 g/mol. The summed E-state index contributed by atoms with van der Waals surface area (Å²) < 4.78 is 25.0. The number of rotatable bonds is 6. The molecule has 0 aliphatic heterocycles. The lowest BCUT2D eigenvalue weighted by molar-refractivity contribution is -0.116. The molecule has 0 fully saturated rings. The summed E-state index contributed by atoms with van der Waals surface area (Å²) in [5.41, 5.74) is 0.649. The smallest absolute Gasteiger partial charge is 0.223 e. The van der Waals surface area contributed by atoms with Crippen molar-refractivity contribution in [1.29, 1.82) is 0 Å². The van der Waals surface area contributed by atoms with E-state index in [1.807, 2.05) is 0 Å². The zero-order valence-electron chi connectivity index (χ0n) is 10.9. The van der Waals surface area contributed by atoms with Crippen LogP contribution in [0.2, 0.25) is 5.02 Å². The third-order valence-electron chi connectivity index (χ3n) is 2.54. The Balaban J connectivity index is 2.72. The summed E-state index contributed by atoms with van der Waals surface area (Å²) in [6, 6.07) is 6.87. The number of nitrogens with one attached hydrogen (secondary N) is 1. The van der Waals surface area contributed by atoms with Crippen LogP contribution in [0.5, 0.6) is 0 Å². The second-order valence-corrected chi connectivity index (χ2v) is 6.48. The van der Waals surface area contributed by atoms with Crippen LogP contribution in [0.25, 0.3) is 0 Å². The van der Waals surface area contributed by atoms with Crippen molar-refractivity contribution < 1.29 is 13.2 Å². The quantitative estimate of drug-likeness (QED) is 0.868. The Morgan fingerprint density at radius 1 is 1.42 bits per heavy atom. The van der Waals surface area contributed by atoms with Gasteiger partial charge in [0.1, 0.15) is 0 Å². The fourth-order valence-electron chi connectivity index (χ4n) is 1.53. The van der Waals surface area contributed by atoms with E-state index in [-0.39, 0.29) is 24.7 Å². The number of hydrogen-bond acceptors (Lipinski definition) is 3. The maximum Gasteiger partial charge on any atom is 0.223 e. The molecule has 0 heterocycles. The highest BCUT2D eigenvalue weighted by molar-refractivity contribution is 7.89. The summed E-state index contributed by atoms with van der Waals surface area (Å²) >= 11 is 5.87. The number of hydrogen-bond donors (Lipinski definition) is 1. The Kier molecular flexibility index (Phi) is 5.78. The zero-order chi connectivity index (χ0) is 14.5. The molecule has 1 rings (SSSR count). The maximum atomic E-state index is 11.6. The van der Waals surface area contributed by atoms with Crippen LogP contribution in [-0.2, 0) is 14.8 Å². The highest BCUT2D eigenvalue weighted by atomic mass is 35.5. The molecule has 19 heavy (non-hydrogen) atoms. The van der Waals surface area contributed by atoms with Gasteiger partial charge in [-0.3, -0.25) is 4.79 Å². The molecule has 0 spiro atoms. The SMILES string of the molecule is CCS(=O)(=O)NCCN(C(C)=O)c1cccc(Cl)c1. The number of halogens is 1. The largest absolute Gasteiger partial charge is 0.311 e. The highest BCUT2D eigenvalue weighted by Crippen LogP contribution is 2.19. The molecule has 0 radical (unpaired) electrons. The molecule has 1 amide bonds. The average Bonchev–Trinajstić information content (AvgIpc) is 2.34. The van der Waals surface area contributed by atoms with Crippen molar-refractivity contribution in [1.82, 2.24) is 4.72 Å². The number of amides is 1. The Bertz CT molecular complexity index is 546. The lowest BCUT2D eigenvalue weighted by Gasteiger charge is -2.21. The van der Waals surface area contributed by atoms with Gasteiger partial charge in [-0.25, -0.2) is 13.1 Å². The van der Waals surface area contributed by atoms with E-state index in [1.54, 1.807) is 31.2 Å². The van der Waals surface area contributed by atoms with Crippen LogP contribution >= 0.6 is 11.6 Å². The first-order valence-corrected chi connectivity index (χ1v) is 7.89. The van der Waals surface area contributed by atoms with Gasteiger partial charge in [0.2, 0.25) is 15.9 Å². The summed E-state index contributed by atoms with van der Waals surface area (Å²) in [7, 11) is -3.25. The molecule has 0 aliphatic rings. The van der Waals surface area contributed by atoms with Gasteiger partial charge in [-0.2, -0.15) is 0 Å². The van der Waals surface area contributed by atoms with E-state index >= 15 is 0 Å². The van der Waals surface area contributed by atoms with Gasteiger partial charge in [0.25, 0.3) is 0 Å². The molecule has 0 saturated heterocycles. The molecule has 0 saturated carbocycles. The molecule has 0 atom stereocenters. The van der Waals surface area contributed by atoms with Crippen LogP contribution in [0.3, 0.4) is 0 Å². The average molecular weight is 305 g/mol. The minimum Gasteiger partial charge on any atom is -0.311 e. The minimum absolute atomic E-state index is 0.0181. The molecule has 1 aromatic carbocycles. The Morgan fingerprint density at radius 2 is 2.11 bits per heavy atom. The second-order valence-electron chi connectivity index (χ2n) is 3.95. The summed E-state index contributed by atoms with van der Waals surface area (Å²) in [6.45, 7) is 3.41. The molecule has 0 bridgehead atoms. The van der Waals surface area contributed by atoms with Gasteiger partial charge < -0.3 is 4.90 Å². The zero-order valence-corrected chi connectivity index (χ0v) is 12.5. The number of benzene rings is 1. The van der Waals surface area contributed by atoms with E-state index < -0.39 is 10.0 Å². The maximum absolute atomic E-state index is 11.6. The van der Waals surface area contributed by atoms with Crippen molar-refractivity contribution >= 4 is 33.2 Å². The van der Waals surface area contributed by atoms with Gasteiger partial charge in [0, 0.05) is 30.7 Å². The van der Waals surface area contributed by atoms with E-state index in [0.717, 1.165) is 0 Å². The van der Waals surface area contributed by atoms with E-state index in [4.69, 9.17) is 11.6 Å². The first-order chi connectivity index (χ1) is 8.85. The van der Waals surface area contributed by atoms with Crippen LogP contribution in [0.1, 0.15) is 13.8 Å². The summed E-state index contributed by atoms with van der Waals surface area (Å²) in [6.07, 6.45) is 0. The Morgan fingerprint density at radius 3 is 2.63 bits per heavy atom. The van der Waals surface area contributed by atoms with Gasteiger partial charge in [-0.15, -0.1) is 0 Å². The third-order valence-corrected chi connectivity index (χ3v) is 4.18. The summed E-state index contributed by atoms with van der Waals surface area (Å²) in [5.74, 6) is -0.150. The fraction of sp³-hybridized carbons (Fsp3) is 0.417. The lowest BCUT2D eigenvalue weighted by Crippen LogP contribution is -2.38. The van der Waals surface area contributed by atoms with Crippen LogP contribution in [0.15, 0.2) is 24.3 Å². The predicted molar refractivity (Wildman–Crippen MR) is 76.9 cm³/mol. The Hall–Kier alpha value is -1.11. The van der Waals surface area contributed by atoms with Crippen LogP contribution in [0.4, 0.5) is 5.69 Å². The van der Waals surface area contributed by atoms with Gasteiger partial charge in [-0.05, 0) is 25.1 Å². The molecule has 5 nitrogen and oxygen atoms in total. The first-order valence-electron chi connectivity index (χ1n) is 5.86. The van der Waals surface area contributed by atoms with E-state index in [0.29, 0.717) is 10.7 Å². The molecule has 1 aromatic rings. The van der Waals surface area contributed by atoms with Crippen molar-refractivity contribution in [3.8, 4) is 0 Å². The number of nitrogens with zero attached hydrogens (tertiary/aromatic N) is 1. The van der Waals surface area contributed by atoms with Crippen molar-refractivity contribution in [2.45, 2.75) is 13.8 Å². The fourth-order valence-corrected chi connectivity index (χ4v) is 2.32. The van der Waals surface area contributed by atoms with Crippen LogP contribution in [-0.4, -0.2) is 33.2 Å². The van der Waals surface area contributed by atoms with Gasteiger partial charge in [0.05, 0.1) is 5.75 Å². The molecular weight excluding hydrogens is 288 g/mol. The van der Waals surface area contributed by atoms with Crippen LogP contribution in [0, 0.1) is 0 Å². The molecule has 106 valence electrons. The minimum atomic E-state index is -3.25. The molecule has 0 unspecified atom stereocenters. The van der Waals surface area contributed by atoms with Gasteiger partial charge in [0.15, 0.2) is 0 Å². The number of anilines is 1.